The Morgan fingerprint density at radius 3 is 1.68 bits per heavy atom. The molecule has 9 heteroatoms. The van der Waals surface area contributed by atoms with Gasteiger partial charge in [-0.3, -0.25) is 4.79 Å². The zero-order chi connectivity index (χ0) is 21.2. The predicted molar refractivity (Wildman–Crippen MR) is 112 cm³/mol. The van der Waals surface area contributed by atoms with Crippen LogP contribution in [0, 0.1) is 17.8 Å². The molecule has 1 saturated carbocycles. The maximum Gasteiger partial charge on any atom is 0.500 e. The summed E-state index contributed by atoms with van der Waals surface area (Å²) in [5.41, 5.74) is 0. The van der Waals surface area contributed by atoms with E-state index in [-0.39, 0.29) is 5.92 Å². The molecule has 0 heterocycles. The Morgan fingerprint density at radius 2 is 1.25 bits per heavy atom. The Balaban J connectivity index is 2.79. The van der Waals surface area contributed by atoms with Crippen molar-refractivity contribution in [3.05, 3.63) is 0 Å². The van der Waals surface area contributed by atoms with Gasteiger partial charge in [0.15, 0.2) is 0 Å². The molecule has 0 aliphatic heterocycles. The van der Waals surface area contributed by atoms with Gasteiger partial charge in [-0.2, -0.15) is 0 Å². The first-order valence-electron chi connectivity index (χ1n) is 10.2. The average molecular weight is 437 g/mol. The minimum atomic E-state index is -2.62. The van der Waals surface area contributed by atoms with Gasteiger partial charge in [0.05, 0.1) is 0 Å². The number of carbonyl (C=O) groups excluding carboxylic acids is 1. The molecule has 0 saturated heterocycles. The monoisotopic (exact) mass is 436 g/mol. The van der Waals surface area contributed by atoms with Crippen molar-refractivity contribution in [1.82, 2.24) is 0 Å². The third-order valence-corrected chi connectivity index (χ3v) is 11.8. The van der Waals surface area contributed by atoms with Gasteiger partial charge in [0.1, 0.15) is 5.78 Å². The zero-order valence-corrected chi connectivity index (χ0v) is 20.7. The summed E-state index contributed by atoms with van der Waals surface area (Å²) in [6.07, 6.45) is 5.36. The number of ketones is 1. The molecule has 0 spiro atoms. The Bertz CT molecular complexity index is 439. The summed E-state index contributed by atoms with van der Waals surface area (Å²) in [7, 11) is 4.67. The Morgan fingerprint density at radius 1 is 0.786 bits per heavy atom. The summed E-state index contributed by atoms with van der Waals surface area (Å²) >= 11 is 0. The fourth-order valence-electron chi connectivity index (χ4n) is 4.48. The summed E-state index contributed by atoms with van der Waals surface area (Å²) in [4.78, 5) is 12.8. The van der Waals surface area contributed by atoms with E-state index in [0.717, 1.165) is 44.2 Å². The molecule has 0 bridgehead atoms. The highest BCUT2D eigenvalue weighted by atomic mass is 28.4. The lowest BCUT2D eigenvalue weighted by Gasteiger charge is -2.27. The van der Waals surface area contributed by atoms with Crippen LogP contribution in [0.2, 0.25) is 12.1 Å². The van der Waals surface area contributed by atoms with Crippen molar-refractivity contribution in [3.63, 3.8) is 0 Å². The number of rotatable bonds is 15. The van der Waals surface area contributed by atoms with E-state index in [4.69, 9.17) is 26.6 Å². The first-order chi connectivity index (χ1) is 13.4. The van der Waals surface area contributed by atoms with E-state index in [0.29, 0.717) is 24.0 Å². The van der Waals surface area contributed by atoms with Gasteiger partial charge in [0.25, 0.3) is 0 Å². The third-order valence-electron chi connectivity index (χ3n) is 6.25. The van der Waals surface area contributed by atoms with Crippen molar-refractivity contribution in [2.45, 2.75) is 57.5 Å². The van der Waals surface area contributed by atoms with Gasteiger partial charge in [-0.15, -0.1) is 0 Å². The third kappa shape index (κ3) is 6.70. The topological polar surface area (TPSA) is 72.5 Å². The highest BCUT2D eigenvalue weighted by Gasteiger charge is 2.44. The molecule has 0 amide bonds. The van der Waals surface area contributed by atoms with Gasteiger partial charge in [-0.1, -0.05) is 6.92 Å². The molecule has 28 heavy (non-hydrogen) atoms. The second-order valence-electron chi connectivity index (χ2n) is 7.59. The van der Waals surface area contributed by atoms with Crippen LogP contribution in [0.15, 0.2) is 0 Å². The lowest BCUT2D eigenvalue weighted by Crippen LogP contribution is -2.43. The molecule has 0 aromatic heterocycles. The maximum atomic E-state index is 12.8. The van der Waals surface area contributed by atoms with Gasteiger partial charge in [0.2, 0.25) is 0 Å². The van der Waals surface area contributed by atoms with Crippen molar-refractivity contribution in [2.75, 3.05) is 42.7 Å². The van der Waals surface area contributed by atoms with E-state index >= 15 is 0 Å². The van der Waals surface area contributed by atoms with Crippen molar-refractivity contribution < 1.29 is 31.4 Å². The fourth-order valence-corrected chi connectivity index (χ4v) is 8.19. The first kappa shape index (κ1) is 25.9. The van der Waals surface area contributed by atoms with Crippen molar-refractivity contribution in [1.29, 1.82) is 0 Å². The molecular weight excluding hydrogens is 396 g/mol. The molecule has 1 fully saturated rings. The second-order valence-corrected chi connectivity index (χ2v) is 13.8. The highest BCUT2D eigenvalue weighted by molar-refractivity contribution is 6.60. The van der Waals surface area contributed by atoms with Crippen LogP contribution in [0.1, 0.15) is 45.4 Å². The van der Waals surface area contributed by atoms with Gasteiger partial charge in [-0.25, -0.2) is 0 Å². The molecule has 0 aromatic carbocycles. The summed E-state index contributed by atoms with van der Waals surface area (Å²) in [6, 6.07) is 1.51. The van der Waals surface area contributed by atoms with E-state index in [2.05, 4.69) is 6.92 Å². The second kappa shape index (κ2) is 12.5. The lowest BCUT2D eigenvalue weighted by molar-refractivity contribution is -0.124. The van der Waals surface area contributed by atoms with E-state index in [1.54, 1.807) is 42.7 Å². The van der Waals surface area contributed by atoms with E-state index in [1.807, 2.05) is 0 Å². The maximum absolute atomic E-state index is 12.8. The fraction of sp³-hybridized carbons (Fsp3) is 0.947. The minimum Gasteiger partial charge on any atom is -0.377 e. The van der Waals surface area contributed by atoms with Gasteiger partial charge in [0, 0.05) is 67.1 Å². The van der Waals surface area contributed by atoms with E-state index < -0.39 is 17.6 Å². The molecule has 3 atom stereocenters. The van der Waals surface area contributed by atoms with Crippen LogP contribution >= 0.6 is 0 Å². The van der Waals surface area contributed by atoms with Gasteiger partial charge in [-0.05, 0) is 43.9 Å². The number of hydrogen-bond donors (Lipinski definition) is 0. The number of Topliss-reactive ketones (excluding diaryl/α,β-unsaturated/α-hetero) is 1. The minimum absolute atomic E-state index is 0.117. The summed E-state index contributed by atoms with van der Waals surface area (Å²) in [6.45, 7) is 2.06. The molecule has 0 radical (unpaired) electrons. The molecule has 7 nitrogen and oxygen atoms in total. The van der Waals surface area contributed by atoms with E-state index in [9.17, 15) is 4.79 Å². The Kier molecular flexibility index (Phi) is 11.6. The average Bonchev–Trinajstić information content (AvgIpc) is 3.14. The predicted octanol–water partition coefficient (Wildman–Crippen LogP) is 3.53. The van der Waals surface area contributed by atoms with Gasteiger partial charge >= 0.3 is 17.6 Å². The SMILES string of the molecule is CCCC(=O)C1CC(CC[Si](OC)(OC)OC)CC1CC[Si](OC)(OC)OC. The molecule has 1 rings (SSSR count). The molecule has 0 N–H and O–H groups in total. The number of carbonyl (C=O) groups is 1. The van der Waals surface area contributed by atoms with Crippen molar-refractivity contribution in [3.8, 4) is 0 Å². The largest absolute Gasteiger partial charge is 0.500 e. The molecule has 1 aliphatic rings. The lowest BCUT2D eigenvalue weighted by atomic mass is 9.88. The van der Waals surface area contributed by atoms with Gasteiger partial charge < -0.3 is 26.6 Å². The van der Waals surface area contributed by atoms with Crippen LogP contribution < -0.4 is 0 Å². The van der Waals surface area contributed by atoms with Crippen LogP contribution in [-0.4, -0.2) is 66.1 Å². The highest BCUT2D eigenvalue weighted by Crippen LogP contribution is 2.44. The van der Waals surface area contributed by atoms with E-state index in [1.165, 1.54) is 0 Å². The van der Waals surface area contributed by atoms with Crippen LogP contribution in [0.4, 0.5) is 0 Å². The Labute approximate surface area is 173 Å². The van der Waals surface area contributed by atoms with Crippen LogP contribution in [0.25, 0.3) is 0 Å². The molecule has 3 unspecified atom stereocenters. The van der Waals surface area contributed by atoms with Crippen molar-refractivity contribution in [2.24, 2.45) is 17.8 Å². The summed E-state index contributed by atoms with van der Waals surface area (Å²) in [5.74, 6) is 1.33. The quantitative estimate of drug-likeness (QED) is 0.364. The first-order valence-corrected chi connectivity index (χ1v) is 14.1. The van der Waals surface area contributed by atoms with Crippen LogP contribution in [-0.2, 0) is 31.4 Å². The normalized spacial score (nSPS) is 23.3. The molecular formula is C19H40O7Si2. The Hall–Kier alpha value is -0.136. The van der Waals surface area contributed by atoms with Crippen LogP contribution in [0.3, 0.4) is 0 Å². The summed E-state index contributed by atoms with van der Waals surface area (Å²) in [5, 5.41) is 0. The van der Waals surface area contributed by atoms with Crippen molar-refractivity contribution >= 4 is 23.4 Å². The summed E-state index contributed by atoms with van der Waals surface area (Å²) < 4.78 is 33.4. The molecule has 166 valence electrons. The number of hydrogen-bond acceptors (Lipinski definition) is 7. The zero-order valence-electron chi connectivity index (χ0n) is 18.7. The van der Waals surface area contributed by atoms with Crippen LogP contribution in [0.5, 0.6) is 0 Å². The smallest absolute Gasteiger partial charge is 0.377 e. The molecule has 1 aliphatic carbocycles. The molecule has 0 aromatic rings. The standard InChI is InChI=1S/C19H40O7Si2/c1-8-9-19(20)18-15-16(10-12-27(21-2,22-3)23-4)14-17(18)11-13-28(24-5,25-6)26-7/h16-18H,8-15H2,1-7H3.